The Hall–Kier alpha value is -1.62. The molecule has 0 aromatic carbocycles. The van der Waals surface area contributed by atoms with Gasteiger partial charge in [-0.15, -0.1) is 0 Å². The van der Waals surface area contributed by atoms with E-state index >= 15 is 0 Å². The van der Waals surface area contributed by atoms with Crippen LogP contribution < -0.4 is 0 Å². The Morgan fingerprint density at radius 3 is 2.57 bits per heavy atom. The molecule has 0 bridgehead atoms. The van der Waals surface area contributed by atoms with Crippen molar-refractivity contribution in [3.05, 3.63) is 23.0 Å². The normalized spacial score (nSPS) is 38.5. The van der Waals surface area contributed by atoms with Gasteiger partial charge in [0.25, 0.3) is 5.91 Å². The van der Waals surface area contributed by atoms with E-state index in [0.717, 1.165) is 44.9 Å². The second-order valence-corrected chi connectivity index (χ2v) is 10.1. The Morgan fingerprint density at radius 2 is 1.97 bits per heavy atom. The predicted molar refractivity (Wildman–Crippen MR) is 118 cm³/mol. The largest absolute Gasteiger partial charge is 0.511 e. The molecule has 6 atom stereocenters. The molecule has 1 aliphatic heterocycles. The van der Waals surface area contributed by atoms with E-state index in [-0.39, 0.29) is 23.2 Å². The van der Waals surface area contributed by atoms with Crippen molar-refractivity contribution in [2.24, 2.45) is 29.1 Å². The Kier molecular flexibility index (Phi) is 6.81. The summed E-state index contributed by atoms with van der Waals surface area (Å²) in [6.45, 7) is 8.29. The van der Waals surface area contributed by atoms with Gasteiger partial charge in [-0.25, -0.2) is 0 Å². The number of rotatable bonds is 6. The van der Waals surface area contributed by atoms with Gasteiger partial charge >= 0.3 is 0 Å². The van der Waals surface area contributed by atoms with Crippen molar-refractivity contribution in [1.29, 1.82) is 0 Å². The first-order valence-corrected chi connectivity index (χ1v) is 11.7. The van der Waals surface area contributed by atoms with Crippen molar-refractivity contribution in [3.63, 3.8) is 0 Å². The van der Waals surface area contributed by atoms with Crippen LogP contribution in [0.3, 0.4) is 0 Å². The number of carbonyl (C=O) groups is 2. The maximum Gasteiger partial charge on any atom is 0.261 e. The van der Waals surface area contributed by atoms with E-state index in [4.69, 9.17) is 0 Å². The van der Waals surface area contributed by atoms with Gasteiger partial charge < -0.3 is 15.1 Å². The molecule has 3 rings (SSSR count). The first-order chi connectivity index (χ1) is 14.2. The minimum atomic E-state index is -0.890. The molecule has 1 heterocycles. The molecule has 2 fully saturated rings. The highest BCUT2D eigenvalue weighted by atomic mass is 16.3. The first kappa shape index (κ1) is 23.1. The molecular formula is C25H39NO4. The molecule has 2 aliphatic carbocycles. The van der Waals surface area contributed by atoms with Crippen LogP contribution in [0.4, 0.5) is 0 Å². The lowest BCUT2D eigenvalue weighted by atomic mass is 9.51. The quantitative estimate of drug-likeness (QED) is 0.221. The zero-order chi connectivity index (χ0) is 22.2. The van der Waals surface area contributed by atoms with Crippen LogP contribution in [0, 0.1) is 29.1 Å². The number of hydrogen-bond acceptors (Lipinski definition) is 4. The summed E-state index contributed by atoms with van der Waals surface area (Å²) >= 11 is 0. The number of likely N-dealkylation sites (N-methyl/N-ethyl adjacent to an activating group) is 1. The smallest absolute Gasteiger partial charge is 0.261 e. The second kappa shape index (κ2) is 8.86. The number of ketones is 1. The number of allylic oxidation sites excluding steroid dienone is 3. The Morgan fingerprint density at radius 1 is 1.27 bits per heavy atom. The zero-order valence-corrected chi connectivity index (χ0v) is 19.3. The van der Waals surface area contributed by atoms with Gasteiger partial charge in [0.15, 0.2) is 5.78 Å². The number of unbranched alkanes of at least 4 members (excludes halogenated alkanes) is 2. The fourth-order valence-electron chi connectivity index (χ4n) is 6.46. The van der Waals surface area contributed by atoms with Gasteiger partial charge in [0.05, 0.1) is 6.61 Å². The molecule has 1 saturated heterocycles. The van der Waals surface area contributed by atoms with E-state index < -0.39 is 29.8 Å². The van der Waals surface area contributed by atoms with Gasteiger partial charge in [0.1, 0.15) is 17.4 Å². The third-order valence-electron chi connectivity index (χ3n) is 8.25. The number of aliphatic hydroxyl groups excluding tert-OH is 2. The summed E-state index contributed by atoms with van der Waals surface area (Å²) in [5.41, 5.74) is 0.552. The van der Waals surface area contributed by atoms with Crippen molar-refractivity contribution in [2.75, 3.05) is 13.7 Å². The minimum absolute atomic E-state index is 0.0289. The van der Waals surface area contributed by atoms with Gasteiger partial charge in [0.2, 0.25) is 0 Å². The molecule has 5 heteroatoms. The summed E-state index contributed by atoms with van der Waals surface area (Å²) < 4.78 is 0. The Bertz CT molecular complexity index is 754. The molecule has 168 valence electrons. The number of aliphatic hydroxyl groups is 2. The van der Waals surface area contributed by atoms with Crippen molar-refractivity contribution in [1.82, 2.24) is 4.90 Å². The third-order valence-corrected chi connectivity index (χ3v) is 8.25. The number of nitrogens with zero attached hydrogens (tertiary/aromatic N) is 1. The SMILES string of the molecule is CCCCC[C@H]1C(C)=CC2C[C@@H](C)CCC2[C@@]1(C)/C(O)=C1\C(=O)[C@@H](CO)N(C)C1=O. The highest BCUT2D eigenvalue weighted by molar-refractivity contribution is 6.26. The number of hydrogen-bond donors (Lipinski definition) is 2. The predicted octanol–water partition coefficient (Wildman–Crippen LogP) is 4.42. The van der Waals surface area contributed by atoms with Crippen LogP contribution in [0.5, 0.6) is 0 Å². The fourth-order valence-corrected chi connectivity index (χ4v) is 6.46. The van der Waals surface area contributed by atoms with E-state index in [9.17, 15) is 19.8 Å². The number of carbonyl (C=O) groups excluding carboxylic acids is 2. The average molecular weight is 418 g/mol. The second-order valence-electron chi connectivity index (χ2n) is 10.1. The van der Waals surface area contributed by atoms with E-state index in [2.05, 4.69) is 33.8 Å². The average Bonchev–Trinajstić information content (AvgIpc) is 2.91. The third kappa shape index (κ3) is 3.63. The topological polar surface area (TPSA) is 77.8 Å². The van der Waals surface area contributed by atoms with Crippen LogP contribution in [0.1, 0.15) is 72.6 Å². The summed E-state index contributed by atoms with van der Waals surface area (Å²) in [4.78, 5) is 27.2. The van der Waals surface area contributed by atoms with Crippen molar-refractivity contribution >= 4 is 11.7 Å². The van der Waals surface area contributed by atoms with Gasteiger partial charge in [0, 0.05) is 12.5 Å². The molecule has 0 spiro atoms. The maximum atomic E-state index is 13.0. The van der Waals surface area contributed by atoms with Gasteiger partial charge in [-0.2, -0.15) is 0 Å². The number of likely N-dealkylation sites (tertiary alicyclic amines) is 1. The highest BCUT2D eigenvalue weighted by Gasteiger charge is 2.55. The molecule has 1 amide bonds. The minimum Gasteiger partial charge on any atom is -0.511 e. The number of Topliss-reactive ketones (excluding diaryl/α,β-unsaturated/α-hetero) is 1. The standard InChI is InChI=1S/C25H39NO4/c1-6-7-8-9-18-16(3)13-17-12-15(2)10-11-19(17)25(18,4)23(29)21-22(28)20(14-27)26(5)24(21)30/h13,15,17-20,27,29H,6-12,14H2,1-5H3/b23-21-/t15-,17?,18-,19?,20+,25-/m0/s1. The lowest BCUT2D eigenvalue weighted by molar-refractivity contribution is -0.126. The number of amides is 1. The van der Waals surface area contributed by atoms with E-state index in [1.165, 1.54) is 17.5 Å². The molecule has 0 radical (unpaired) electrons. The molecule has 0 aromatic rings. The Balaban J connectivity index is 2.11. The van der Waals surface area contributed by atoms with Crippen molar-refractivity contribution < 1.29 is 19.8 Å². The van der Waals surface area contributed by atoms with Gasteiger partial charge in [-0.3, -0.25) is 9.59 Å². The molecule has 30 heavy (non-hydrogen) atoms. The van der Waals surface area contributed by atoms with Crippen LogP contribution in [-0.4, -0.2) is 46.5 Å². The van der Waals surface area contributed by atoms with Gasteiger partial charge in [-0.05, 0) is 49.9 Å². The molecule has 0 aromatic heterocycles. The lowest BCUT2D eigenvalue weighted by Crippen LogP contribution is -2.47. The first-order valence-electron chi connectivity index (χ1n) is 11.7. The molecule has 2 N–H and O–H groups in total. The van der Waals surface area contributed by atoms with Crippen LogP contribution >= 0.6 is 0 Å². The van der Waals surface area contributed by atoms with Crippen LogP contribution in [0.2, 0.25) is 0 Å². The van der Waals surface area contributed by atoms with Gasteiger partial charge in [-0.1, -0.05) is 58.1 Å². The molecule has 3 aliphatic rings. The van der Waals surface area contributed by atoms with Crippen LogP contribution in [0.25, 0.3) is 0 Å². The van der Waals surface area contributed by atoms with Crippen molar-refractivity contribution in [3.8, 4) is 0 Å². The monoisotopic (exact) mass is 417 g/mol. The van der Waals surface area contributed by atoms with Crippen LogP contribution in [0.15, 0.2) is 23.0 Å². The number of fused-ring (bicyclic) bond motifs is 1. The Labute approximate surface area is 181 Å². The van der Waals surface area contributed by atoms with Crippen LogP contribution in [-0.2, 0) is 9.59 Å². The summed E-state index contributed by atoms with van der Waals surface area (Å²) in [5.74, 6) is 0.411. The maximum absolute atomic E-state index is 13.0. The summed E-state index contributed by atoms with van der Waals surface area (Å²) in [6, 6.07) is -0.890. The summed E-state index contributed by atoms with van der Waals surface area (Å²) in [7, 11) is 1.53. The highest BCUT2D eigenvalue weighted by Crippen LogP contribution is 2.58. The summed E-state index contributed by atoms with van der Waals surface area (Å²) in [5, 5.41) is 21.3. The fraction of sp³-hybridized carbons (Fsp3) is 0.760. The summed E-state index contributed by atoms with van der Waals surface area (Å²) in [6.07, 6.45) is 9.88. The van der Waals surface area contributed by atoms with E-state index in [1.807, 2.05) is 0 Å². The lowest BCUT2D eigenvalue weighted by Gasteiger charge is -2.53. The van der Waals surface area contributed by atoms with E-state index in [0.29, 0.717) is 11.8 Å². The van der Waals surface area contributed by atoms with Crippen molar-refractivity contribution in [2.45, 2.75) is 78.7 Å². The zero-order valence-electron chi connectivity index (χ0n) is 19.3. The molecule has 2 unspecified atom stereocenters. The molecular weight excluding hydrogens is 378 g/mol. The molecule has 5 nitrogen and oxygen atoms in total. The molecule has 1 saturated carbocycles. The van der Waals surface area contributed by atoms with E-state index in [1.54, 1.807) is 0 Å².